The van der Waals surface area contributed by atoms with Gasteiger partial charge in [-0.3, -0.25) is 9.69 Å². The summed E-state index contributed by atoms with van der Waals surface area (Å²) >= 11 is 1.50. The molecule has 1 atom stereocenters. The molecule has 1 saturated heterocycles. The van der Waals surface area contributed by atoms with Crippen molar-refractivity contribution in [2.75, 3.05) is 13.1 Å². The number of aromatic amines is 1. The van der Waals surface area contributed by atoms with Crippen LogP contribution in [-0.4, -0.2) is 48.8 Å². The van der Waals surface area contributed by atoms with E-state index in [1.807, 2.05) is 44.2 Å². The zero-order valence-corrected chi connectivity index (χ0v) is 19.9. The van der Waals surface area contributed by atoms with Gasteiger partial charge in [0.2, 0.25) is 0 Å². The van der Waals surface area contributed by atoms with Crippen LogP contribution in [-0.2, 0) is 13.1 Å². The van der Waals surface area contributed by atoms with E-state index in [0.29, 0.717) is 6.54 Å². The van der Waals surface area contributed by atoms with Crippen molar-refractivity contribution in [3.8, 4) is 0 Å². The lowest BCUT2D eigenvalue weighted by atomic mass is 10.1. The molecule has 1 fully saturated rings. The van der Waals surface area contributed by atoms with Gasteiger partial charge in [-0.15, -0.1) is 10.2 Å². The van der Waals surface area contributed by atoms with Crippen LogP contribution in [0.2, 0.25) is 0 Å². The quantitative estimate of drug-likeness (QED) is 0.294. The van der Waals surface area contributed by atoms with Gasteiger partial charge in [0.05, 0.1) is 18.3 Å². The maximum Gasteiger partial charge on any atom is 0.192 e. The number of thioether (sulfide) groups is 1. The maximum atomic E-state index is 13.5. The molecule has 170 valence electrons. The van der Waals surface area contributed by atoms with Crippen LogP contribution in [0.3, 0.4) is 0 Å². The molecule has 0 aliphatic carbocycles. The van der Waals surface area contributed by atoms with Gasteiger partial charge in [0.15, 0.2) is 10.9 Å². The molecule has 1 N–H and O–H groups in total. The first-order chi connectivity index (χ1) is 16.1. The van der Waals surface area contributed by atoms with Gasteiger partial charge in [0.1, 0.15) is 5.82 Å². The number of para-hydroxylation sites is 1. The summed E-state index contributed by atoms with van der Waals surface area (Å²) in [6.45, 7) is 7.65. The van der Waals surface area contributed by atoms with Crippen LogP contribution in [0, 0.1) is 6.92 Å². The van der Waals surface area contributed by atoms with Gasteiger partial charge in [-0.25, -0.2) is 0 Å². The number of likely N-dealkylation sites (tertiary alicyclic amines) is 1. The van der Waals surface area contributed by atoms with E-state index in [2.05, 4.69) is 48.9 Å². The molecule has 2 aromatic carbocycles. The topological polar surface area (TPSA) is 66.8 Å². The minimum atomic E-state index is -0.277. The number of fused-ring (bicyclic) bond motifs is 1. The van der Waals surface area contributed by atoms with Crippen LogP contribution in [0.5, 0.6) is 0 Å². The third-order valence-corrected chi connectivity index (χ3v) is 7.41. The number of rotatable bonds is 8. The lowest BCUT2D eigenvalue weighted by Gasteiger charge is -2.17. The molecule has 0 spiro atoms. The predicted octanol–water partition coefficient (Wildman–Crippen LogP) is 5.08. The molecule has 4 aromatic rings. The second-order valence-corrected chi connectivity index (χ2v) is 10.1. The summed E-state index contributed by atoms with van der Waals surface area (Å²) in [7, 11) is 0. The van der Waals surface area contributed by atoms with Crippen molar-refractivity contribution in [3.05, 3.63) is 77.2 Å². The molecular formula is C26H29N5OS. The number of hydrogen-bond acceptors (Lipinski definition) is 5. The molecule has 0 bridgehead atoms. The highest BCUT2D eigenvalue weighted by atomic mass is 32.2. The van der Waals surface area contributed by atoms with E-state index < -0.39 is 0 Å². The van der Waals surface area contributed by atoms with Crippen molar-refractivity contribution in [1.29, 1.82) is 0 Å². The Hall–Kier alpha value is -2.90. The van der Waals surface area contributed by atoms with Crippen molar-refractivity contribution in [2.45, 2.75) is 50.2 Å². The molecule has 0 saturated carbocycles. The zero-order chi connectivity index (χ0) is 22.8. The highest BCUT2D eigenvalue weighted by Crippen LogP contribution is 2.30. The summed E-state index contributed by atoms with van der Waals surface area (Å²) in [5.74, 6) is 1.08. The van der Waals surface area contributed by atoms with E-state index in [0.717, 1.165) is 52.8 Å². The van der Waals surface area contributed by atoms with Gasteiger partial charge in [-0.2, -0.15) is 0 Å². The number of aromatic nitrogens is 4. The first-order valence-electron chi connectivity index (χ1n) is 11.6. The Morgan fingerprint density at radius 1 is 1.03 bits per heavy atom. The number of nitrogens with zero attached hydrogens (tertiary/aromatic N) is 4. The Morgan fingerprint density at radius 2 is 1.76 bits per heavy atom. The van der Waals surface area contributed by atoms with Crippen LogP contribution in [0.1, 0.15) is 47.2 Å². The Morgan fingerprint density at radius 3 is 2.55 bits per heavy atom. The van der Waals surface area contributed by atoms with Gasteiger partial charge in [0, 0.05) is 22.2 Å². The Labute approximate surface area is 198 Å². The molecule has 0 radical (unpaired) electrons. The molecule has 1 unspecified atom stereocenters. The van der Waals surface area contributed by atoms with Crippen LogP contribution >= 0.6 is 11.8 Å². The number of carbonyl (C=O) groups is 1. The summed E-state index contributed by atoms with van der Waals surface area (Å²) in [6.07, 6.45) is 2.48. The first kappa shape index (κ1) is 21.9. The van der Waals surface area contributed by atoms with Crippen LogP contribution < -0.4 is 0 Å². The maximum absolute atomic E-state index is 13.5. The fourth-order valence-corrected chi connectivity index (χ4v) is 5.52. The molecule has 5 rings (SSSR count). The van der Waals surface area contributed by atoms with E-state index in [1.54, 1.807) is 0 Å². The van der Waals surface area contributed by atoms with Crippen molar-refractivity contribution in [3.63, 3.8) is 0 Å². The van der Waals surface area contributed by atoms with Gasteiger partial charge < -0.3 is 9.55 Å². The lowest BCUT2D eigenvalue weighted by molar-refractivity contribution is 0.0995. The smallest absolute Gasteiger partial charge is 0.192 e. The van der Waals surface area contributed by atoms with E-state index in [-0.39, 0.29) is 11.0 Å². The second-order valence-electron chi connectivity index (χ2n) is 8.75. The Bertz CT molecular complexity index is 1260. The van der Waals surface area contributed by atoms with E-state index in [4.69, 9.17) is 0 Å². The van der Waals surface area contributed by atoms with Gasteiger partial charge in [-0.1, -0.05) is 60.3 Å². The highest BCUT2D eigenvalue weighted by Gasteiger charge is 2.26. The molecule has 3 heterocycles. The number of benzene rings is 2. The number of aryl methyl sites for hydroxylation is 1. The molecule has 1 aliphatic rings. The van der Waals surface area contributed by atoms with E-state index in [1.165, 1.54) is 30.2 Å². The fraction of sp³-hybridized carbons (Fsp3) is 0.346. The lowest BCUT2D eigenvalue weighted by Crippen LogP contribution is -2.22. The third kappa shape index (κ3) is 4.61. The van der Waals surface area contributed by atoms with E-state index >= 15 is 0 Å². The average molecular weight is 460 g/mol. The molecule has 6 nitrogen and oxygen atoms in total. The van der Waals surface area contributed by atoms with Crippen molar-refractivity contribution < 1.29 is 4.79 Å². The number of ketones is 1. The number of carbonyl (C=O) groups excluding carboxylic acids is 1. The molecule has 0 amide bonds. The number of Topliss-reactive ketones (excluding diaryl/α,β-unsaturated/α-hetero) is 1. The van der Waals surface area contributed by atoms with Crippen LogP contribution in [0.15, 0.2) is 59.8 Å². The average Bonchev–Trinajstić information content (AvgIpc) is 3.54. The number of hydrogen-bond donors (Lipinski definition) is 1. The molecule has 33 heavy (non-hydrogen) atoms. The molecule has 1 aliphatic heterocycles. The standard InChI is InChI=1S/C26H29N5OS/c1-18-24(21-12-6-7-13-22(21)27-18)25(32)19(2)33-26-29-28-23(17-30-14-8-9-15-30)31(26)16-20-10-4-3-5-11-20/h3-7,10-13,19,27H,8-9,14-17H2,1-2H3. The Balaban J connectivity index is 1.42. The molecule has 7 heteroatoms. The summed E-state index contributed by atoms with van der Waals surface area (Å²) < 4.78 is 2.18. The minimum absolute atomic E-state index is 0.116. The van der Waals surface area contributed by atoms with Gasteiger partial charge in [-0.05, 0) is 51.4 Å². The summed E-state index contributed by atoms with van der Waals surface area (Å²) in [5.41, 5.74) is 3.88. The van der Waals surface area contributed by atoms with Crippen molar-refractivity contribution >= 4 is 28.4 Å². The predicted molar refractivity (Wildman–Crippen MR) is 133 cm³/mol. The normalized spacial score (nSPS) is 15.3. The van der Waals surface area contributed by atoms with Gasteiger partial charge in [0.25, 0.3) is 0 Å². The number of nitrogens with one attached hydrogen (secondary N) is 1. The van der Waals surface area contributed by atoms with Gasteiger partial charge >= 0.3 is 0 Å². The Kier molecular flexibility index (Phi) is 6.33. The third-order valence-electron chi connectivity index (χ3n) is 6.33. The van der Waals surface area contributed by atoms with Crippen molar-refractivity contribution in [1.82, 2.24) is 24.6 Å². The summed E-state index contributed by atoms with van der Waals surface area (Å²) in [4.78, 5) is 19.3. The molecule has 2 aromatic heterocycles. The van der Waals surface area contributed by atoms with Crippen molar-refractivity contribution in [2.24, 2.45) is 0 Å². The molecular weight excluding hydrogens is 430 g/mol. The van der Waals surface area contributed by atoms with Crippen LogP contribution in [0.4, 0.5) is 0 Å². The zero-order valence-electron chi connectivity index (χ0n) is 19.1. The highest BCUT2D eigenvalue weighted by molar-refractivity contribution is 8.00. The summed E-state index contributed by atoms with van der Waals surface area (Å²) in [6, 6.07) is 18.4. The monoisotopic (exact) mass is 459 g/mol. The van der Waals surface area contributed by atoms with Crippen LogP contribution in [0.25, 0.3) is 10.9 Å². The SMILES string of the molecule is Cc1[nH]c2ccccc2c1C(=O)C(C)Sc1nnc(CN2CCCC2)n1Cc1ccccc1. The fourth-order valence-electron chi connectivity index (χ4n) is 4.60. The first-order valence-corrected chi connectivity index (χ1v) is 12.4. The summed E-state index contributed by atoms with van der Waals surface area (Å²) in [5, 5.41) is 10.6. The largest absolute Gasteiger partial charge is 0.358 e. The van der Waals surface area contributed by atoms with E-state index in [9.17, 15) is 4.79 Å². The second kappa shape index (κ2) is 9.53. The minimum Gasteiger partial charge on any atom is -0.358 e. The number of H-pyrrole nitrogens is 1.